The number of hydrogen-bond donors (Lipinski definition) is 0. The molecule has 29 heavy (non-hydrogen) atoms. The van der Waals surface area contributed by atoms with Crippen molar-refractivity contribution in [2.24, 2.45) is 5.92 Å². The van der Waals surface area contributed by atoms with Crippen LogP contribution >= 0.6 is 12.2 Å². The SMILES string of the molecule is O=C1OCCC[C@@H](OC(=S)n2ccnc2)[C@H]1[C@H]1CCCCN1Cc1ccccc1. The highest BCUT2D eigenvalue weighted by Gasteiger charge is 2.43. The first-order valence-corrected chi connectivity index (χ1v) is 10.8. The molecule has 1 aromatic carbocycles. The van der Waals surface area contributed by atoms with E-state index in [2.05, 4.69) is 34.1 Å². The molecule has 3 heterocycles. The molecule has 2 aliphatic rings. The molecule has 7 heteroatoms. The van der Waals surface area contributed by atoms with Crippen molar-refractivity contribution in [1.82, 2.24) is 14.5 Å². The molecule has 2 fully saturated rings. The number of ether oxygens (including phenoxy) is 2. The van der Waals surface area contributed by atoms with E-state index in [0.29, 0.717) is 11.8 Å². The Labute approximate surface area is 176 Å². The van der Waals surface area contributed by atoms with Gasteiger partial charge in [-0.25, -0.2) is 4.98 Å². The van der Waals surface area contributed by atoms with Gasteiger partial charge in [0.05, 0.1) is 6.61 Å². The maximum atomic E-state index is 13.0. The van der Waals surface area contributed by atoms with Gasteiger partial charge in [-0.3, -0.25) is 14.3 Å². The number of rotatable bonds is 4. The Bertz CT molecular complexity index is 812. The third-order valence-electron chi connectivity index (χ3n) is 5.82. The molecule has 0 radical (unpaired) electrons. The minimum absolute atomic E-state index is 0.0881. The summed E-state index contributed by atoms with van der Waals surface area (Å²) in [6, 6.07) is 10.5. The highest BCUT2D eigenvalue weighted by molar-refractivity contribution is 7.80. The molecule has 154 valence electrons. The van der Waals surface area contributed by atoms with Crippen molar-refractivity contribution in [3.8, 4) is 0 Å². The van der Waals surface area contributed by atoms with Crippen LogP contribution in [-0.2, 0) is 20.8 Å². The monoisotopic (exact) mass is 413 g/mol. The number of esters is 1. The number of benzene rings is 1. The molecule has 4 rings (SSSR count). The average Bonchev–Trinajstić information content (AvgIpc) is 3.22. The molecule has 0 saturated carbocycles. The minimum atomic E-state index is -0.344. The van der Waals surface area contributed by atoms with Crippen LogP contribution in [0.5, 0.6) is 0 Å². The maximum Gasteiger partial charge on any atom is 0.314 e. The van der Waals surface area contributed by atoms with Crippen LogP contribution in [0, 0.1) is 5.92 Å². The highest BCUT2D eigenvalue weighted by atomic mass is 32.1. The first kappa shape index (κ1) is 20.0. The van der Waals surface area contributed by atoms with E-state index in [1.807, 2.05) is 6.07 Å². The van der Waals surface area contributed by atoms with Gasteiger partial charge in [0.15, 0.2) is 0 Å². The van der Waals surface area contributed by atoms with Crippen molar-refractivity contribution in [3.05, 3.63) is 54.6 Å². The highest BCUT2D eigenvalue weighted by Crippen LogP contribution is 2.32. The molecule has 0 N–H and O–H groups in total. The van der Waals surface area contributed by atoms with Gasteiger partial charge in [0.25, 0.3) is 5.17 Å². The second kappa shape index (κ2) is 9.50. The Morgan fingerprint density at radius 3 is 2.86 bits per heavy atom. The lowest BCUT2D eigenvalue weighted by atomic mass is 9.84. The zero-order valence-electron chi connectivity index (χ0n) is 16.5. The molecule has 2 aliphatic heterocycles. The lowest BCUT2D eigenvalue weighted by Crippen LogP contribution is -2.51. The number of carbonyl (C=O) groups is 1. The molecule has 0 aliphatic carbocycles. The van der Waals surface area contributed by atoms with Gasteiger partial charge in [0, 0.05) is 25.0 Å². The van der Waals surface area contributed by atoms with E-state index in [-0.39, 0.29) is 24.0 Å². The largest absolute Gasteiger partial charge is 0.466 e. The smallest absolute Gasteiger partial charge is 0.314 e. The van der Waals surface area contributed by atoms with Crippen LogP contribution in [-0.4, -0.2) is 50.9 Å². The average molecular weight is 414 g/mol. The number of aromatic nitrogens is 2. The molecule has 6 nitrogen and oxygen atoms in total. The van der Waals surface area contributed by atoms with E-state index in [9.17, 15) is 4.79 Å². The van der Waals surface area contributed by atoms with Crippen molar-refractivity contribution in [2.75, 3.05) is 13.2 Å². The Balaban J connectivity index is 1.56. The van der Waals surface area contributed by atoms with Crippen LogP contribution in [0.2, 0.25) is 0 Å². The number of imidazole rings is 1. The Morgan fingerprint density at radius 1 is 1.21 bits per heavy atom. The van der Waals surface area contributed by atoms with Crippen LogP contribution in [0.4, 0.5) is 0 Å². The summed E-state index contributed by atoms with van der Waals surface area (Å²) in [5, 5.41) is 0.331. The second-order valence-electron chi connectivity index (χ2n) is 7.75. The predicted octanol–water partition coefficient (Wildman–Crippen LogP) is 3.41. The number of hydrogen-bond acceptors (Lipinski definition) is 6. The van der Waals surface area contributed by atoms with Gasteiger partial charge < -0.3 is 9.47 Å². The van der Waals surface area contributed by atoms with E-state index in [0.717, 1.165) is 45.2 Å². The Kier molecular flexibility index (Phi) is 6.56. The lowest BCUT2D eigenvalue weighted by Gasteiger charge is -2.41. The number of thiocarbonyl (C=S) groups is 1. The summed E-state index contributed by atoms with van der Waals surface area (Å²) in [5.74, 6) is -0.506. The zero-order valence-corrected chi connectivity index (χ0v) is 17.3. The van der Waals surface area contributed by atoms with Crippen LogP contribution in [0.3, 0.4) is 0 Å². The van der Waals surface area contributed by atoms with Gasteiger partial charge in [-0.1, -0.05) is 36.8 Å². The fraction of sp³-hybridized carbons (Fsp3) is 0.500. The summed E-state index contributed by atoms with van der Waals surface area (Å²) in [5.41, 5.74) is 1.26. The van der Waals surface area contributed by atoms with Crippen LogP contribution in [0.15, 0.2) is 49.1 Å². The summed E-state index contributed by atoms with van der Waals surface area (Å²) in [6.07, 6.45) is 9.50. The number of carbonyl (C=O) groups excluding carboxylic acids is 1. The molecule has 0 bridgehead atoms. The molecular weight excluding hydrogens is 386 g/mol. The minimum Gasteiger partial charge on any atom is -0.466 e. The number of piperidine rings is 1. The topological polar surface area (TPSA) is 56.6 Å². The molecule has 1 aromatic heterocycles. The lowest BCUT2D eigenvalue weighted by molar-refractivity contribution is -0.154. The van der Waals surface area contributed by atoms with Gasteiger partial charge >= 0.3 is 5.97 Å². The summed E-state index contributed by atoms with van der Waals surface area (Å²) in [6.45, 7) is 2.24. The first-order valence-electron chi connectivity index (χ1n) is 10.4. The predicted molar refractivity (Wildman–Crippen MR) is 113 cm³/mol. The summed E-state index contributed by atoms with van der Waals surface area (Å²) in [4.78, 5) is 19.5. The van der Waals surface area contributed by atoms with Gasteiger partial charge in [0.1, 0.15) is 18.3 Å². The van der Waals surface area contributed by atoms with Crippen molar-refractivity contribution >= 4 is 23.4 Å². The van der Waals surface area contributed by atoms with Crippen molar-refractivity contribution in [2.45, 2.75) is 50.8 Å². The van der Waals surface area contributed by atoms with Gasteiger partial charge in [-0.2, -0.15) is 0 Å². The standard InChI is InChI=1S/C22H27N3O3S/c26-21-20(18-9-4-5-12-24(18)15-17-7-2-1-3-8-17)19(10-6-14-27-21)28-22(29)25-13-11-23-16-25/h1-3,7-8,11,13,16,18-20H,4-6,9-10,12,14-15H2/t18-,19-,20-/m1/s1. The number of nitrogens with zero attached hydrogens (tertiary/aromatic N) is 3. The van der Waals surface area contributed by atoms with Crippen molar-refractivity contribution in [1.29, 1.82) is 0 Å². The fourth-order valence-corrected chi connectivity index (χ4v) is 4.65. The summed E-state index contributed by atoms with van der Waals surface area (Å²) in [7, 11) is 0. The van der Waals surface area contributed by atoms with E-state index in [1.165, 1.54) is 5.56 Å². The van der Waals surface area contributed by atoms with Crippen LogP contribution in [0.1, 0.15) is 37.7 Å². The Morgan fingerprint density at radius 2 is 2.07 bits per heavy atom. The fourth-order valence-electron chi connectivity index (χ4n) is 4.42. The van der Waals surface area contributed by atoms with E-state index in [4.69, 9.17) is 21.7 Å². The number of cyclic esters (lactones) is 1. The zero-order chi connectivity index (χ0) is 20.1. The second-order valence-corrected chi connectivity index (χ2v) is 8.10. The van der Waals surface area contributed by atoms with Crippen molar-refractivity contribution in [3.63, 3.8) is 0 Å². The van der Waals surface area contributed by atoms with Crippen LogP contribution in [0.25, 0.3) is 0 Å². The first-order chi connectivity index (χ1) is 14.2. The summed E-state index contributed by atoms with van der Waals surface area (Å²) < 4.78 is 13.4. The molecule has 2 saturated heterocycles. The van der Waals surface area contributed by atoms with Gasteiger partial charge in [-0.15, -0.1) is 0 Å². The molecule has 0 spiro atoms. The van der Waals surface area contributed by atoms with Crippen LogP contribution < -0.4 is 0 Å². The van der Waals surface area contributed by atoms with Gasteiger partial charge in [-0.05, 0) is 50.0 Å². The third-order valence-corrected chi connectivity index (χ3v) is 6.13. The quantitative estimate of drug-likeness (QED) is 0.566. The Hall–Kier alpha value is -2.25. The number of likely N-dealkylation sites (tertiary alicyclic amines) is 1. The van der Waals surface area contributed by atoms with Crippen molar-refractivity contribution < 1.29 is 14.3 Å². The van der Waals surface area contributed by atoms with Gasteiger partial charge in [0.2, 0.25) is 0 Å². The molecule has 3 atom stereocenters. The molecule has 2 aromatic rings. The van der Waals surface area contributed by atoms with E-state index < -0.39 is 0 Å². The molecule has 0 amide bonds. The summed E-state index contributed by atoms with van der Waals surface area (Å²) >= 11 is 5.46. The normalized spacial score (nSPS) is 25.8. The van der Waals surface area contributed by atoms with E-state index >= 15 is 0 Å². The van der Waals surface area contributed by atoms with E-state index in [1.54, 1.807) is 23.3 Å². The maximum absolute atomic E-state index is 13.0. The third kappa shape index (κ3) is 4.85. The molecular formula is C22H27N3O3S. The molecule has 0 unspecified atom stereocenters.